The number of hydrogen-bond acceptors (Lipinski definition) is 6. The maximum Gasteiger partial charge on any atom is 0.339 e. The van der Waals surface area contributed by atoms with Gasteiger partial charge in [-0.1, -0.05) is 23.4 Å². The summed E-state index contributed by atoms with van der Waals surface area (Å²) >= 11 is 1.50. The van der Waals surface area contributed by atoms with Crippen molar-refractivity contribution in [3.05, 3.63) is 76.2 Å². The van der Waals surface area contributed by atoms with Crippen LogP contribution < -0.4 is 5.32 Å². The SMILES string of the molecule is Cc1cc(C)cc(NC(=O)COC(=O)c2ccccc2SCc2c(C)noc2C)c1. The second kappa shape index (κ2) is 9.63. The van der Waals surface area contributed by atoms with Crippen LogP contribution >= 0.6 is 11.8 Å². The van der Waals surface area contributed by atoms with Gasteiger partial charge in [-0.3, -0.25) is 4.79 Å². The van der Waals surface area contributed by atoms with Crippen LogP contribution in [0.1, 0.15) is 38.5 Å². The largest absolute Gasteiger partial charge is 0.452 e. The van der Waals surface area contributed by atoms with E-state index in [9.17, 15) is 9.59 Å². The fourth-order valence-corrected chi connectivity index (χ4v) is 4.27. The van der Waals surface area contributed by atoms with Gasteiger partial charge in [0.25, 0.3) is 5.91 Å². The van der Waals surface area contributed by atoms with E-state index in [1.54, 1.807) is 12.1 Å². The summed E-state index contributed by atoms with van der Waals surface area (Å²) in [5, 5.41) is 6.72. The highest BCUT2D eigenvalue weighted by Gasteiger charge is 2.16. The van der Waals surface area contributed by atoms with Gasteiger partial charge in [0.1, 0.15) is 5.76 Å². The van der Waals surface area contributed by atoms with Crippen molar-refractivity contribution in [2.75, 3.05) is 11.9 Å². The fourth-order valence-electron chi connectivity index (χ4n) is 3.07. The van der Waals surface area contributed by atoms with Crippen molar-refractivity contribution in [2.45, 2.75) is 38.3 Å². The minimum Gasteiger partial charge on any atom is -0.452 e. The van der Waals surface area contributed by atoms with Crippen molar-refractivity contribution in [1.29, 1.82) is 0 Å². The van der Waals surface area contributed by atoms with E-state index in [0.29, 0.717) is 17.0 Å². The van der Waals surface area contributed by atoms with Gasteiger partial charge >= 0.3 is 5.97 Å². The molecule has 0 saturated heterocycles. The molecule has 156 valence electrons. The molecule has 0 bridgehead atoms. The summed E-state index contributed by atoms with van der Waals surface area (Å²) in [6, 6.07) is 12.9. The molecule has 0 spiro atoms. The number of thioether (sulfide) groups is 1. The zero-order valence-electron chi connectivity index (χ0n) is 17.4. The number of ether oxygens (including phenoxy) is 1. The van der Waals surface area contributed by atoms with Gasteiger partial charge in [-0.25, -0.2) is 4.79 Å². The molecule has 1 heterocycles. The van der Waals surface area contributed by atoms with Crippen molar-refractivity contribution in [3.8, 4) is 0 Å². The number of rotatable bonds is 7. The Morgan fingerprint density at radius 2 is 1.77 bits per heavy atom. The molecule has 0 unspecified atom stereocenters. The number of carbonyl (C=O) groups excluding carboxylic acids is 2. The molecule has 7 heteroatoms. The van der Waals surface area contributed by atoms with Crippen molar-refractivity contribution in [2.24, 2.45) is 0 Å². The second-order valence-corrected chi connectivity index (χ2v) is 8.11. The summed E-state index contributed by atoms with van der Waals surface area (Å²) in [5.41, 5.74) is 5.05. The molecule has 1 amide bonds. The Bertz CT molecular complexity index is 1040. The number of nitrogens with zero attached hydrogens (tertiary/aromatic N) is 1. The van der Waals surface area contributed by atoms with Crippen molar-refractivity contribution >= 4 is 29.3 Å². The Morgan fingerprint density at radius 3 is 2.43 bits per heavy atom. The Morgan fingerprint density at radius 1 is 1.07 bits per heavy atom. The smallest absolute Gasteiger partial charge is 0.339 e. The van der Waals surface area contributed by atoms with E-state index in [1.165, 1.54) is 11.8 Å². The van der Waals surface area contributed by atoms with Crippen molar-refractivity contribution in [3.63, 3.8) is 0 Å². The van der Waals surface area contributed by atoms with E-state index in [0.717, 1.165) is 33.0 Å². The van der Waals surface area contributed by atoms with Crippen LogP contribution in [0.25, 0.3) is 0 Å². The van der Waals surface area contributed by atoms with Crippen LogP contribution in [0.5, 0.6) is 0 Å². The van der Waals surface area contributed by atoms with Gasteiger partial charge in [0, 0.05) is 21.9 Å². The second-order valence-electron chi connectivity index (χ2n) is 7.09. The van der Waals surface area contributed by atoms with E-state index < -0.39 is 5.97 Å². The Labute approximate surface area is 180 Å². The molecule has 0 atom stereocenters. The number of amides is 1. The first-order valence-electron chi connectivity index (χ1n) is 9.52. The van der Waals surface area contributed by atoms with Crippen molar-refractivity contribution < 1.29 is 18.8 Å². The molecule has 3 rings (SSSR count). The topological polar surface area (TPSA) is 81.4 Å². The number of hydrogen-bond donors (Lipinski definition) is 1. The molecule has 0 radical (unpaired) electrons. The van der Waals surface area contributed by atoms with Crippen LogP contribution in [-0.2, 0) is 15.3 Å². The highest BCUT2D eigenvalue weighted by atomic mass is 32.2. The van der Waals surface area contributed by atoms with Crippen LogP contribution in [0.3, 0.4) is 0 Å². The monoisotopic (exact) mass is 424 g/mol. The first-order chi connectivity index (χ1) is 14.3. The lowest BCUT2D eigenvalue weighted by molar-refractivity contribution is -0.119. The highest BCUT2D eigenvalue weighted by Crippen LogP contribution is 2.29. The molecule has 0 fully saturated rings. The van der Waals surface area contributed by atoms with Gasteiger partial charge in [-0.2, -0.15) is 0 Å². The van der Waals surface area contributed by atoms with Gasteiger partial charge in [0.15, 0.2) is 6.61 Å². The van der Waals surface area contributed by atoms with E-state index in [-0.39, 0.29) is 12.5 Å². The van der Waals surface area contributed by atoms with Crippen LogP contribution in [0.2, 0.25) is 0 Å². The number of nitrogens with one attached hydrogen (secondary N) is 1. The van der Waals surface area contributed by atoms with Gasteiger partial charge in [0.2, 0.25) is 0 Å². The third-order valence-electron chi connectivity index (χ3n) is 4.50. The van der Waals surface area contributed by atoms with Crippen LogP contribution in [0.4, 0.5) is 5.69 Å². The van der Waals surface area contributed by atoms with E-state index in [2.05, 4.69) is 10.5 Å². The summed E-state index contributed by atoms with van der Waals surface area (Å²) in [5.74, 6) is 0.475. The molecule has 0 saturated carbocycles. The number of benzene rings is 2. The van der Waals surface area contributed by atoms with E-state index in [4.69, 9.17) is 9.26 Å². The minimum atomic E-state index is -0.535. The maximum absolute atomic E-state index is 12.6. The third kappa shape index (κ3) is 5.51. The first kappa shape index (κ1) is 21.6. The van der Waals surface area contributed by atoms with E-state index >= 15 is 0 Å². The first-order valence-corrected chi connectivity index (χ1v) is 10.5. The van der Waals surface area contributed by atoms with Crippen LogP contribution in [0, 0.1) is 27.7 Å². The normalized spacial score (nSPS) is 10.7. The van der Waals surface area contributed by atoms with Crippen molar-refractivity contribution in [1.82, 2.24) is 5.16 Å². The van der Waals surface area contributed by atoms with Gasteiger partial charge in [-0.05, 0) is 63.1 Å². The lowest BCUT2D eigenvalue weighted by atomic mass is 10.1. The predicted octanol–water partition coefficient (Wildman–Crippen LogP) is 5.00. The Hall–Kier alpha value is -3.06. The lowest BCUT2D eigenvalue weighted by Crippen LogP contribution is -2.21. The number of aryl methyl sites for hydroxylation is 4. The van der Waals surface area contributed by atoms with Gasteiger partial charge in [0.05, 0.1) is 11.3 Å². The summed E-state index contributed by atoms with van der Waals surface area (Å²) < 4.78 is 10.4. The lowest BCUT2D eigenvalue weighted by Gasteiger charge is -2.10. The third-order valence-corrected chi connectivity index (χ3v) is 5.60. The Kier molecular flexibility index (Phi) is 6.95. The summed E-state index contributed by atoms with van der Waals surface area (Å²) in [4.78, 5) is 25.6. The Balaban J connectivity index is 1.60. The summed E-state index contributed by atoms with van der Waals surface area (Å²) in [6.45, 7) is 7.32. The van der Waals surface area contributed by atoms with Gasteiger partial charge in [-0.15, -0.1) is 11.8 Å². The predicted molar refractivity (Wildman–Crippen MR) is 117 cm³/mol. The molecule has 0 aliphatic carbocycles. The van der Waals surface area contributed by atoms with Crippen LogP contribution in [-0.4, -0.2) is 23.6 Å². The zero-order chi connectivity index (χ0) is 21.7. The number of anilines is 1. The average molecular weight is 425 g/mol. The fraction of sp³-hybridized carbons (Fsp3) is 0.261. The molecule has 6 nitrogen and oxygen atoms in total. The summed E-state index contributed by atoms with van der Waals surface area (Å²) in [7, 11) is 0. The molecule has 0 aliphatic heterocycles. The molecular formula is C23H24N2O4S. The quantitative estimate of drug-likeness (QED) is 0.425. The number of aromatic nitrogens is 1. The van der Waals surface area contributed by atoms with Gasteiger partial charge < -0.3 is 14.6 Å². The highest BCUT2D eigenvalue weighted by molar-refractivity contribution is 7.98. The maximum atomic E-state index is 12.6. The molecule has 0 aliphatic rings. The molecule has 30 heavy (non-hydrogen) atoms. The molecular weight excluding hydrogens is 400 g/mol. The minimum absolute atomic E-state index is 0.352. The standard InChI is InChI=1S/C23H24N2O4S/c1-14-9-15(2)11-18(10-14)24-22(26)12-28-23(27)19-7-5-6-8-21(19)30-13-20-16(3)25-29-17(20)4/h5-11H,12-13H2,1-4H3,(H,24,26). The average Bonchev–Trinajstić information content (AvgIpc) is 3.01. The number of esters is 1. The van der Waals surface area contributed by atoms with Crippen LogP contribution in [0.15, 0.2) is 51.9 Å². The summed E-state index contributed by atoms with van der Waals surface area (Å²) in [6.07, 6.45) is 0. The number of carbonyl (C=O) groups is 2. The molecule has 1 aromatic heterocycles. The van der Waals surface area contributed by atoms with E-state index in [1.807, 2.05) is 58.0 Å². The molecule has 3 aromatic rings. The molecule has 1 N–H and O–H groups in total. The zero-order valence-corrected chi connectivity index (χ0v) is 18.3. The molecule has 2 aromatic carbocycles.